The van der Waals surface area contributed by atoms with Gasteiger partial charge in [-0.05, 0) is 48.7 Å². The van der Waals surface area contributed by atoms with Crippen LogP contribution in [0.25, 0.3) is 21.1 Å². The SMILES string of the molecule is Cc1ccc2sc(S(=O)(=O)Nc3ccc(Cl)cc3NS(=O)(=O)c3cc4ccccc4o3)cc2c1. The summed E-state index contributed by atoms with van der Waals surface area (Å²) in [7, 11) is -8.16. The van der Waals surface area contributed by atoms with Crippen molar-refractivity contribution in [1.29, 1.82) is 0 Å². The Morgan fingerprint density at radius 2 is 1.56 bits per heavy atom. The lowest BCUT2D eigenvalue weighted by atomic mass is 10.2. The summed E-state index contributed by atoms with van der Waals surface area (Å²) in [6.45, 7) is 1.93. The van der Waals surface area contributed by atoms with E-state index in [1.54, 1.807) is 30.3 Å². The molecule has 0 saturated heterocycles. The third-order valence-corrected chi connectivity index (χ3v) is 9.46. The van der Waals surface area contributed by atoms with Crippen molar-refractivity contribution in [3.8, 4) is 0 Å². The van der Waals surface area contributed by atoms with Crippen LogP contribution in [-0.4, -0.2) is 16.8 Å². The molecule has 0 aliphatic heterocycles. The van der Waals surface area contributed by atoms with E-state index in [-0.39, 0.29) is 25.7 Å². The molecular weight excluding hydrogens is 516 g/mol. The zero-order valence-electron chi connectivity index (χ0n) is 17.6. The molecule has 0 aliphatic rings. The van der Waals surface area contributed by atoms with Crippen LogP contribution >= 0.6 is 22.9 Å². The van der Waals surface area contributed by atoms with Gasteiger partial charge in [0.1, 0.15) is 9.79 Å². The molecule has 2 heterocycles. The van der Waals surface area contributed by atoms with E-state index in [2.05, 4.69) is 9.44 Å². The average molecular weight is 533 g/mol. The molecule has 0 saturated carbocycles. The molecule has 5 rings (SSSR count). The maximum absolute atomic E-state index is 13.1. The van der Waals surface area contributed by atoms with Crippen LogP contribution in [0.5, 0.6) is 0 Å². The lowest BCUT2D eigenvalue weighted by Gasteiger charge is -2.13. The molecule has 174 valence electrons. The number of halogens is 1. The lowest BCUT2D eigenvalue weighted by Crippen LogP contribution is -2.16. The fraction of sp³-hybridized carbons (Fsp3) is 0.0435. The Bertz CT molecular complexity index is 1740. The number of thiophene rings is 1. The number of furan rings is 1. The fourth-order valence-electron chi connectivity index (χ4n) is 3.44. The summed E-state index contributed by atoms with van der Waals surface area (Å²) >= 11 is 7.20. The van der Waals surface area contributed by atoms with Gasteiger partial charge in [-0.1, -0.05) is 47.5 Å². The zero-order chi connectivity index (χ0) is 24.1. The highest BCUT2D eigenvalue weighted by Crippen LogP contribution is 2.34. The van der Waals surface area contributed by atoms with Gasteiger partial charge < -0.3 is 4.42 Å². The first kappa shape index (κ1) is 22.7. The quantitative estimate of drug-likeness (QED) is 0.270. The fourth-order valence-corrected chi connectivity index (χ4v) is 7.11. The van der Waals surface area contributed by atoms with Gasteiger partial charge in [0, 0.05) is 21.2 Å². The molecule has 0 bridgehead atoms. The van der Waals surface area contributed by atoms with Crippen molar-refractivity contribution >= 4 is 75.4 Å². The summed E-state index contributed by atoms with van der Waals surface area (Å²) in [5, 5.41) is 1.35. The maximum Gasteiger partial charge on any atom is 0.295 e. The molecule has 34 heavy (non-hydrogen) atoms. The number of aryl methyl sites for hydroxylation is 1. The van der Waals surface area contributed by atoms with Crippen molar-refractivity contribution in [2.45, 2.75) is 16.2 Å². The van der Waals surface area contributed by atoms with Gasteiger partial charge in [0.2, 0.25) is 5.09 Å². The normalized spacial score (nSPS) is 12.3. The Morgan fingerprint density at radius 3 is 2.35 bits per heavy atom. The second-order valence-corrected chi connectivity index (χ2v) is 12.7. The minimum absolute atomic E-state index is 0.0257. The molecule has 0 fully saturated rings. The van der Waals surface area contributed by atoms with Crippen LogP contribution in [0.3, 0.4) is 0 Å². The number of sulfonamides is 2. The number of fused-ring (bicyclic) bond motifs is 2. The summed E-state index contributed by atoms with van der Waals surface area (Å²) < 4.78 is 63.5. The van der Waals surface area contributed by atoms with Crippen molar-refractivity contribution in [2.24, 2.45) is 0 Å². The largest absolute Gasteiger partial charge is 0.443 e. The number of hydrogen-bond acceptors (Lipinski definition) is 6. The van der Waals surface area contributed by atoms with Crippen LogP contribution < -0.4 is 9.44 Å². The van der Waals surface area contributed by atoms with E-state index in [0.29, 0.717) is 11.0 Å². The molecule has 0 atom stereocenters. The predicted molar refractivity (Wildman–Crippen MR) is 136 cm³/mol. The third-order valence-electron chi connectivity index (χ3n) is 5.05. The molecule has 0 amide bonds. The number of nitrogens with one attached hydrogen (secondary N) is 2. The summed E-state index contributed by atoms with van der Waals surface area (Å²) in [5.41, 5.74) is 1.42. The smallest absolute Gasteiger partial charge is 0.295 e. The van der Waals surface area contributed by atoms with E-state index in [9.17, 15) is 16.8 Å². The second kappa shape index (κ2) is 8.31. The highest BCUT2D eigenvalue weighted by Gasteiger charge is 2.24. The minimum Gasteiger partial charge on any atom is -0.443 e. The van der Waals surface area contributed by atoms with Crippen molar-refractivity contribution in [2.75, 3.05) is 9.44 Å². The van der Waals surface area contributed by atoms with Gasteiger partial charge in [-0.2, -0.15) is 8.42 Å². The van der Waals surface area contributed by atoms with Crippen LogP contribution in [0.15, 0.2) is 86.5 Å². The van der Waals surface area contributed by atoms with E-state index in [4.69, 9.17) is 16.0 Å². The molecule has 2 aromatic heterocycles. The van der Waals surface area contributed by atoms with E-state index < -0.39 is 20.0 Å². The Labute approximate surface area is 205 Å². The van der Waals surface area contributed by atoms with Crippen molar-refractivity contribution in [1.82, 2.24) is 0 Å². The van der Waals surface area contributed by atoms with Crippen molar-refractivity contribution in [3.05, 3.63) is 83.4 Å². The van der Waals surface area contributed by atoms with Gasteiger partial charge in [-0.3, -0.25) is 9.44 Å². The summed E-state index contributed by atoms with van der Waals surface area (Å²) in [6.07, 6.45) is 0. The molecule has 0 unspecified atom stereocenters. The van der Waals surface area contributed by atoms with Gasteiger partial charge in [-0.25, -0.2) is 8.42 Å². The monoisotopic (exact) mass is 532 g/mol. The van der Waals surface area contributed by atoms with Gasteiger partial charge in [0.15, 0.2) is 0 Å². The first-order chi connectivity index (χ1) is 16.1. The predicted octanol–water partition coefficient (Wildman–Crippen LogP) is 6.21. The minimum atomic E-state index is -4.17. The second-order valence-electron chi connectivity index (χ2n) is 7.61. The molecule has 0 radical (unpaired) electrons. The zero-order valence-corrected chi connectivity index (χ0v) is 20.8. The number of rotatable bonds is 6. The van der Waals surface area contributed by atoms with Gasteiger partial charge >= 0.3 is 0 Å². The number of para-hydroxylation sites is 1. The standard InChI is InChI=1S/C23H17ClN2O5S3/c1-14-6-9-21-16(10-14)12-23(32-21)34(29,30)25-18-8-7-17(24)13-19(18)26-33(27,28)22-11-15-4-2-3-5-20(15)31-22/h2-13,25-26H,1H3. The van der Waals surface area contributed by atoms with Crippen LogP contribution in [0, 0.1) is 6.92 Å². The first-order valence-electron chi connectivity index (χ1n) is 9.95. The highest BCUT2D eigenvalue weighted by molar-refractivity contribution is 7.95. The molecule has 7 nitrogen and oxygen atoms in total. The summed E-state index contributed by atoms with van der Waals surface area (Å²) in [5.74, 6) is 0. The van der Waals surface area contributed by atoms with Gasteiger partial charge in [0.25, 0.3) is 20.0 Å². The molecule has 3 aromatic carbocycles. The first-order valence-corrected chi connectivity index (χ1v) is 14.1. The van der Waals surface area contributed by atoms with E-state index in [0.717, 1.165) is 27.0 Å². The Hall–Kier alpha value is -3.05. The number of anilines is 2. The molecule has 0 spiro atoms. The van der Waals surface area contributed by atoms with E-state index in [1.165, 1.54) is 24.3 Å². The van der Waals surface area contributed by atoms with E-state index >= 15 is 0 Å². The summed E-state index contributed by atoms with van der Waals surface area (Å²) in [4.78, 5) is 0. The van der Waals surface area contributed by atoms with E-state index in [1.807, 2.05) is 25.1 Å². The molecule has 11 heteroatoms. The van der Waals surface area contributed by atoms with Gasteiger partial charge in [0.05, 0.1) is 11.4 Å². The van der Waals surface area contributed by atoms with Crippen molar-refractivity contribution < 1.29 is 21.3 Å². The topological polar surface area (TPSA) is 105 Å². The summed E-state index contributed by atoms with van der Waals surface area (Å²) in [6, 6.07) is 19.7. The Balaban J connectivity index is 1.49. The lowest BCUT2D eigenvalue weighted by molar-refractivity contribution is 0.484. The molecule has 0 aliphatic carbocycles. The van der Waals surface area contributed by atoms with Crippen LogP contribution in [0.2, 0.25) is 5.02 Å². The molecule has 5 aromatic rings. The Kier molecular flexibility index (Phi) is 5.56. The molecular formula is C23H17ClN2O5S3. The highest BCUT2D eigenvalue weighted by atomic mass is 35.5. The van der Waals surface area contributed by atoms with Crippen LogP contribution in [0.1, 0.15) is 5.56 Å². The Morgan fingerprint density at radius 1 is 0.794 bits per heavy atom. The van der Waals surface area contributed by atoms with Crippen LogP contribution in [-0.2, 0) is 20.0 Å². The van der Waals surface area contributed by atoms with Gasteiger partial charge in [-0.15, -0.1) is 11.3 Å². The maximum atomic E-state index is 13.1. The van der Waals surface area contributed by atoms with Crippen LogP contribution in [0.4, 0.5) is 11.4 Å². The van der Waals surface area contributed by atoms with Crippen molar-refractivity contribution in [3.63, 3.8) is 0 Å². The average Bonchev–Trinajstić information content (AvgIpc) is 3.40. The molecule has 2 N–H and O–H groups in total. The number of hydrogen-bond donors (Lipinski definition) is 2. The number of benzene rings is 3. The third kappa shape index (κ3) is 4.37.